The van der Waals surface area contributed by atoms with Crippen LogP contribution in [0.2, 0.25) is 0 Å². The van der Waals surface area contributed by atoms with Crippen molar-refractivity contribution in [1.82, 2.24) is 0 Å². The molecule has 1 heterocycles. The number of non-ortho nitro benzene ring substituents is 1. The molecule has 192 valence electrons. The van der Waals surface area contributed by atoms with Crippen LogP contribution in [0.4, 0.5) is 17.1 Å². The monoisotopic (exact) mass is 529 g/mol. The first kappa shape index (κ1) is 25.2. The number of sulfonamides is 1. The number of esters is 1. The lowest BCUT2D eigenvalue weighted by atomic mass is 10.2. The first-order valence-electron chi connectivity index (χ1n) is 10.6. The van der Waals surface area contributed by atoms with Gasteiger partial charge in [-0.3, -0.25) is 19.6 Å². The highest BCUT2D eigenvalue weighted by Gasteiger charge is 2.22. The fourth-order valence-corrected chi connectivity index (χ4v) is 4.32. The van der Waals surface area contributed by atoms with E-state index in [4.69, 9.17) is 14.2 Å². The molecule has 0 aliphatic carbocycles. The van der Waals surface area contributed by atoms with Gasteiger partial charge in [-0.1, -0.05) is 0 Å². The number of nitro groups is 1. The van der Waals surface area contributed by atoms with Crippen LogP contribution < -0.4 is 19.5 Å². The molecule has 0 saturated heterocycles. The summed E-state index contributed by atoms with van der Waals surface area (Å²) in [5, 5.41) is 23.3. The maximum absolute atomic E-state index is 12.7. The number of nitrogens with zero attached hydrogens (tertiary/aromatic N) is 1. The van der Waals surface area contributed by atoms with Crippen molar-refractivity contribution in [2.24, 2.45) is 0 Å². The van der Waals surface area contributed by atoms with E-state index < -0.39 is 49.6 Å². The van der Waals surface area contributed by atoms with E-state index in [1.165, 1.54) is 12.1 Å². The Morgan fingerprint density at radius 1 is 0.973 bits per heavy atom. The minimum absolute atomic E-state index is 0.0404. The molecule has 1 amide bonds. The number of carbonyl (C=O) groups excluding carboxylic acids is 2. The number of rotatable bonds is 8. The summed E-state index contributed by atoms with van der Waals surface area (Å²) in [4.78, 5) is 34.4. The van der Waals surface area contributed by atoms with Gasteiger partial charge in [-0.25, -0.2) is 13.2 Å². The molecule has 1 aliphatic heterocycles. The molecule has 3 aromatic rings. The van der Waals surface area contributed by atoms with Crippen molar-refractivity contribution in [3.63, 3.8) is 0 Å². The number of anilines is 2. The number of fused-ring (bicyclic) bond motifs is 1. The van der Waals surface area contributed by atoms with Crippen LogP contribution in [0.25, 0.3) is 0 Å². The van der Waals surface area contributed by atoms with Gasteiger partial charge in [0.25, 0.3) is 21.6 Å². The normalized spacial score (nSPS) is 12.3. The van der Waals surface area contributed by atoms with Crippen LogP contribution in [0, 0.1) is 10.1 Å². The van der Waals surface area contributed by atoms with Crippen LogP contribution in [0.5, 0.6) is 17.2 Å². The van der Waals surface area contributed by atoms with Gasteiger partial charge in [-0.05, 0) is 42.5 Å². The number of nitro benzene ring substituents is 1. The largest absolute Gasteiger partial charge is 0.507 e. The fraction of sp³-hybridized carbons (Fsp3) is 0.130. The fourth-order valence-electron chi connectivity index (χ4n) is 3.24. The number of ether oxygens (including phenoxy) is 3. The summed E-state index contributed by atoms with van der Waals surface area (Å²) >= 11 is 0. The van der Waals surface area contributed by atoms with E-state index in [0.717, 1.165) is 30.3 Å². The van der Waals surface area contributed by atoms with E-state index in [9.17, 15) is 33.2 Å². The maximum Gasteiger partial charge on any atom is 0.342 e. The van der Waals surface area contributed by atoms with E-state index in [0.29, 0.717) is 30.4 Å². The molecule has 3 aromatic carbocycles. The first-order valence-corrected chi connectivity index (χ1v) is 12.1. The van der Waals surface area contributed by atoms with Crippen LogP contribution in [-0.2, 0) is 19.6 Å². The number of carbonyl (C=O) groups is 2. The zero-order chi connectivity index (χ0) is 26.6. The second kappa shape index (κ2) is 10.4. The van der Waals surface area contributed by atoms with Gasteiger partial charge in [-0.2, -0.15) is 0 Å². The predicted molar refractivity (Wildman–Crippen MR) is 128 cm³/mol. The molecular formula is C23H19N3O10S. The Bertz CT molecular complexity index is 1470. The lowest BCUT2D eigenvalue weighted by Crippen LogP contribution is -2.21. The number of benzene rings is 3. The molecule has 0 bridgehead atoms. The molecular weight excluding hydrogens is 510 g/mol. The minimum Gasteiger partial charge on any atom is -0.507 e. The molecule has 0 unspecified atom stereocenters. The Kier molecular flexibility index (Phi) is 7.11. The topological polar surface area (TPSA) is 183 Å². The maximum atomic E-state index is 12.7. The van der Waals surface area contributed by atoms with E-state index in [-0.39, 0.29) is 11.4 Å². The molecule has 0 atom stereocenters. The van der Waals surface area contributed by atoms with Gasteiger partial charge in [0.05, 0.1) is 9.82 Å². The number of phenolic OH excluding ortho intramolecular Hbond substituents is 1. The van der Waals surface area contributed by atoms with Crippen molar-refractivity contribution >= 4 is 39.0 Å². The van der Waals surface area contributed by atoms with E-state index in [1.54, 1.807) is 18.2 Å². The van der Waals surface area contributed by atoms with Gasteiger partial charge in [0, 0.05) is 29.6 Å². The van der Waals surface area contributed by atoms with Crippen molar-refractivity contribution in [3.8, 4) is 17.2 Å². The summed E-state index contributed by atoms with van der Waals surface area (Å²) in [5.41, 5.74) is -0.300. The Labute approximate surface area is 209 Å². The van der Waals surface area contributed by atoms with Gasteiger partial charge in [0.15, 0.2) is 18.1 Å². The van der Waals surface area contributed by atoms with Crippen LogP contribution in [0.3, 0.4) is 0 Å². The standard InChI is InChI=1S/C23H19N3O10S/c27-19-7-6-17(37(32,33)25-14-1-4-16(5-2-14)26(30)31)12-18(19)23(29)36-13-22(28)24-15-3-8-20-21(11-15)35-10-9-34-20/h1-8,11-12,25,27H,9-10,13H2,(H,24,28). The third kappa shape index (κ3) is 6.05. The number of hydrogen-bond donors (Lipinski definition) is 3. The number of nitrogens with one attached hydrogen (secondary N) is 2. The lowest BCUT2D eigenvalue weighted by molar-refractivity contribution is -0.384. The summed E-state index contributed by atoms with van der Waals surface area (Å²) < 4.78 is 43.4. The van der Waals surface area contributed by atoms with Crippen molar-refractivity contribution in [1.29, 1.82) is 0 Å². The third-order valence-electron chi connectivity index (χ3n) is 4.99. The summed E-state index contributed by atoms with van der Waals surface area (Å²) in [6, 6.07) is 12.3. The molecule has 14 heteroatoms. The van der Waals surface area contributed by atoms with Gasteiger partial charge in [0.1, 0.15) is 24.5 Å². The average molecular weight is 529 g/mol. The minimum atomic E-state index is -4.24. The molecule has 4 rings (SSSR count). The molecule has 0 fully saturated rings. The number of amides is 1. The highest BCUT2D eigenvalue weighted by Crippen LogP contribution is 2.32. The Hall–Kier alpha value is -4.85. The third-order valence-corrected chi connectivity index (χ3v) is 6.37. The zero-order valence-corrected chi connectivity index (χ0v) is 19.7. The molecule has 37 heavy (non-hydrogen) atoms. The Morgan fingerprint density at radius 2 is 1.65 bits per heavy atom. The van der Waals surface area contributed by atoms with Crippen molar-refractivity contribution in [2.45, 2.75) is 4.90 Å². The number of hydrogen-bond acceptors (Lipinski definition) is 10. The lowest BCUT2D eigenvalue weighted by Gasteiger charge is -2.19. The van der Waals surface area contributed by atoms with Crippen molar-refractivity contribution in [3.05, 3.63) is 76.3 Å². The van der Waals surface area contributed by atoms with Crippen LogP contribution in [-0.4, -0.2) is 50.1 Å². The summed E-state index contributed by atoms with van der Waals surface area (Å²) in [6.07, 6.45) is 0. The Morgan fingerprint density at radius 3 is 2.35 bits per heavy atom. The van der Waals surface area contributed by atoms with Crippen LogP contribution in [0.1, 0.15) is 10.4 Å². The Balaban J connectivity index is 1.40. The SMILES string of the molecule is O=C(COC(=O)c1cc(S(=O)(=O)Nc2ccc([N+](=O)[O-])cc2)ccc1O)Nc1ccc2c(c1)OCCO2. The van der Waals surface area contributed by atoms with Crippen molar-refractivity contribution < 1.29 is 42.2 Å². The van der Waals surface area contributed by atoms with Gasteiger partial charge < -0.3 is 24.6 Å². The average Bonchev–Trinajstić information content (AvgIpc) is 2.87. The van der Waals surface area contributed by atoms with Gasteiger partial charge in [-0.15, -0.1) is 0 Å². The number of phenols is 1. The van der Waals surface area contributed by atoms with E-state index in [2.05, 4.69) is 10.0 Å². The molecule has 13 nitrogen and oxygen atoms in total. The predicted octanol–water partition coefficient (Wildman–Crippen LogP) is 2.67. The molecule has 0 radical (unpaired) electrons. The second-order valence-corrected chi connectivity index (χ2v) is 9.25. The van der Waals surface area contributed by atoms with E-state index in [1.807, 2.05) is 0 Å². The molecule has 0 spiro atoms. The summed E-state index contributed by atoms with van der Waals surface area (Å²) in [7, 11) is -4.24. The summed E-state index contributed by atoms with van der Waals surface area (Å²) in [6.45, 7) is 0.0610. The van der Waals surface area contributed by atoms with Crippen LogP contribution >= 0.6 is 0 Å². The highest BCUT2D eigenvalue weighted by atomic mass is 32.2. The van der Waals surface area contributed by atoms with Gasteiger partial charge in [0.2, 0.25) is 0 Å². The summed E-state index contributed by atoms with van der Waals surface area (Å²) in [5.74, 6) is -1.41. The highest BCUT2D eigenvalue weighted by molar-refractivity contribution is 7.92. The first-order chi connectivity index (χ1) is 17.6. The molecule has 1 aliphatic rings. The van der Waals surface area contributed by atoms with Crippen LogP contribution in [0.15, 0.2) is 65.6 Å². The van der Waals surface area contributed by atoms with E-state index >= 15 is 0 Å². The van der Waals surface area contributed by atoms with Gasteiger partial charge >= 0.3 is 5.97 Å². The smallest absolute Gasteiger partial charge is 0.342 e. The van der Waals surface area contributed by atoms with Crippen molar-refractivity contribution in [2.75, 3.05) is 29.9 Å². The molecule has 3 N–H and O–H groups in total. The number of aromatic hydroxyl groups is 1. The zero-order valence-electron chi connectivity index (χ0n) is 18.9. The molecule has 0 saturated carbocycles. The molecule has 0 aromatic heterocycles. The quantitative estimate of drug-likeness (QED) is 0.223. The second-order valence-electron chi connectivity index (χ2n) is 7.57.